The predicted octanol–water partition coefficient (Wildman–Crippen LogP) is 4.46. The number of hydrogen-bond acceptors (Lipinski definition) is 4. The summed E-state index contributed by atoms with van der Waals surface area (Å²) >= 11 is 4.78. The van der Waals surface area contributed by atoms with Gasteiger partial charge in [0.05, 0.1) is 12.2 Å². The quantitative estimate of drug-likeness (QED) is 0.488. The van der Waals surface area contributed by atoms with Gasteiger partial charge in [0.15, 0.2) is 5.69 Å². The summed E-state index contributed by atoms with van der Waals surface area (Å²) in [5.74, 6) is 0.0575. The Morgan fingerprint density at radius 2 is 1.96 bits per heavy atom. The largest absolute Gasteiger partial charge is 0.493 e. The van der Waals surface area contributed by atoms with Crippen LogP contribution in [0.1, 0.15) is 18.1 Å². The van der Waals surface area contributed by atoms with Crippen LogP contribution in [0.2, 0.25) is 0 Å². The molecule has 3 aromatic rings. The minimum absolute atomic E-state index is 0.0575. The van der Waals surface area contributed by atoms with Gasteiger partial charge in [0, 0.05) is 11.9 Å². The normalized spacial score (nSPS) is 11.7. The molecule has 0 saturated heterocycles. The van der Waals surface area contributed by atoms with Gasteiger partial charge in [-0.2, -0.15) is 0 Å². The fourth-order valence-electron chi connectivity index (χ4n) is 3.08. The summed E-state index contributed by atoms with van der Waals surface area (Å²) in [5.41, 5.74) is 9.00. The van der Waals surface area contributed by atoms with E-state index < -0.39 is 0 Å². The molecule has 3 rings (SSSR count). The maximum Gasteiger partial charge on any atom is 0.221 e. The van der Waals surface area contributed by atoms with Crippen LogP contribution in [0.15, 0.2) is 58.8 Å². The molecule has 1 heterocycles. The Labute approximate surface area is 163 Å². The number of rotatable bonds is 6. The maximum atomic E-state index is 10.8. The van der Waals surface area contributed by atoms with Gasteiger partial charge in [-0.25, -0.2) is 0 Å². The van der Waals surface area contributed by atoms with Gasteiger partial charge >= 0.3 is 0 Å². The third-order valence-electron chi connectivity index (χ3n) is 4.45. The molecule has 0 aliphatic rings. The van der Waals surface area contributed by atoms with Crippen LogP contribution >= 0.6 is 12.2 Å². The van der Waals surface area contributed by atoms with Gasteiger partial charge in [0.25, 0.3) is 0 Å². The van der Waals surface area contributed by atoms with Crippen molar-refractivity contribution in [3.63, 3.8) is 0 Å². The number of aryl methyl sites for hydroxylation is 1. The van der Waals surface area contributed by atoms with Crippen LogP contribution in [-0.2, 0) is 13.2 Å². The number of nitrogens with zero attached hydrogens (tertiary/aromatic N) is 4. The second-order valence-electron chi connectivity index (χ2n) is 6.43. The lowest BCUT2D eigenvalue weighted by Crippen LogP contribution is -2.25. The number of benzene rings is 2. The Balaban J connectivity index is 2.00. The minimum Gasteiger partial charge on any atom is -0.493 e. The first kappa shape index (κ1) is 19.0. The lowest BCUT2D eigenvalue weighted by molar-refractivity contribution is 0.214. The van der Waals surface area contributed by atoms with Crippen molar-refractivity contribution in [2.24, 2.45) is 16.0 Å². The Kier molecular flexibility index (Phi) is 5.83. The SMILES string of the molecule is CCN(Cc1ccccc1)Cn1c(O)c(N=NC(N)=S)c2cc(C)ccc21. The van der Waals surface area contributed by atoms with Gasteiger partial charge in [-0.3, -0.25) is 9.47 Å². The van der Waals surface area contributed by atoms with Crippen molar-refractivity contribution in [1.82, 2.24) is 9.47 Å². The van der Waals surface area contributed by atoms with Crippen molar-refractivity contribution in [2.75, 3.05) is 6.54 Å². The maximum absolute atomic E-state index is 10.8. The molecule has 0 spiro atoms. The standard InChI is InChI=1S/C20H23N5OS/c1-3-24(12-15-7-5-4-6-8-15)13-25-17-10-9-14(2)11-16(17)18(19(25)26)22-23-20(21)27/h4-11,26H,3,12-13H2,1-2H3,(H2,21,27). The number of fused-ring (bicyclic) bond motifs is 1. The molecule has 0 saturated carbocycles. The van der Waals surface area contributed by atoms with Crippen LogP contribution in [0.4, 0.5) is 5.69 Å². The van der Waals surface area contributed by atoms with E-state index in [9.17, 15) is 5.11 Å². The fraction of sp³-hybridized carbons (Fsp3) is 0.250. The molecule has 140 valence electrons. The summed E-state index contributed by atoms with van der Waals surface area (Å²) in [6.07, 6.45) is 0. The second-order valence-corrected chi connectivity index (χ2v) is 6.85. The molecule has 27 heavy (non-hydrogen) atoms. The zero-order chi connectivity index (χ0) is 19.4. The van der Waals surface area contributed by atoms with Gasteiger partial charge in [-0.1, -0.05) is 48.9 Å². The summed E-state index contributed by atoms with van der Waals surface area (Å²) in [6.45, 7) is 6.24. The van der Waals surface area contributed by atoms with Crippen molar-refractivity contribution >= 4 is 33.9 Å². The van der Waals surface area contributed by atoms with Crippen LogP contribution in [-0.4, -0.2) is 26.2 Å². The zero-order valence-electron chi connectivity index (χ0n) is 15.5. The summed E-state index contributed by atoms with van der Waals surface area (Å²) in [4.78, 5) is 2.24. The molecule has 1 aromatic heterocycles. The first-order valence-electron chi connectivity index (χ1n) is 8.79. The van der Waals surface area contributed by atoms with Gasteiger partial charge in [-0.05, 0) is 43.4 Å². The van der Waals surface area contributed by atoms with E-state index in [2.05, 4.69) is 34.2 Å². The predicted molar refractivity (Wildman–Crippen MR) is 112 cm³/mol. The lowest BCUT2D eigenvalue weighted by atomic mass is 10.1. The Morgan fingerprint density at radius 3 is 2.63 bits per heavy atom. The van der Waals surface area contributed by atoms with Gasteiger partial charge in [0.2, 0.25) is 11.0 Å². The van der Waals surface area contributed by atoms with Crippen molar-refractivity contribution in [3.05, 3.63) is 59.7 Å². The molecular weight excluding hydrogens is 358 g/mol. The summed E-state index contributed by atoms with van der Waals surface area (Å²) < 4.78 is 1.84. The van der Waals surface area contributed by atoms with Gasteiger partial charge in [-0.15, -0.1) is 10.2 Å². The van der Waals surface area contributed by atoms with Crippen LogP contribution in [0, 0.1) is 6.92 Å². The van der Waals surface area contributed by atoms with E-state index in [1.165, 1.54) is 5.56 Å². The Hall–Kier alpha value is -2.77. The molecule has 0 radical (unpaired) electrons. The molecule has 0 unspecified atom stereocenters. The molecule has 0 amide bonds. The van der Waals surface area contributed by atoms with Crippen LogP contribution in [0.3, 0.4) is 0 Å². The number of aromatic hydroxyl groups is 1. The summed E-state index contributed by atoms with van der Waals surface area (Å²) in [7, 11) is 0. The number of hydrogen-bond donors (Lipinski definition) is 2. The Bertz CT molecular complexity index is 981. The molecule has 0 fully saturated rings. The van der Waals surface area contributed by atoms with Crippen LogP contribution in [0.5, 0.6) is 5.88 Å². The van der Waals surface area contributed by atoms with Crippen LogP contribution in [0.25, 0.3) is 10.9 Å². The molecule has 6 nitrogen and oxygen atoms in total. The van der Waals surface area contributed by atoms with E-state index in [1.54, 1.807) is 0 Å². The first-order chi connectivity index (χ1) is 13.0. The molecular formula is C20H23N5OS. The van der Waals surface area contributed by atoms with E-state index in [0.717, 1.165) is 29.6 Å². The van der Waals surface area contributed by atoms with Crippen molar-refractivity contribution in [2.45, 2.75) is 27.1 Å². The molecule has 2 aromatic carbocycles. The number of nitrogens with two attached hydrogens (primary N) is 1. The smallest absolute Gasteiger partial charge is 0.221 e. The van der Waals surface area contributed by atoms with E-state index in [0.29, 0.717) is 12.4 Å². The first-order valence-corrected chi connectivity index (χ1v) is 9.19. The van der Waals surface area contributed by atoms with E-state index >= 15 is 0 Å². The van der Waals surface area contributed by atoms with E-state index in [1.807, 2.05) is 47.9 Å². The molecule has 0 atom stereocenters. The zero-order valence-corrected chi connectivity index (χ0v) is 16.3. The van der Waals surface area contributed by atoms with Crippen molar-refractivity contribution < 1.29 is 5.11 Å². The number of azo groups is 1. The number of thiocarbonyl (C=S) groups is 1. The third-order valence-corrected chi connectivity index (χ3v) is 4.53. The average molecular weight is 382 g/mol. The highest BCUT2D eigenvalue weighted by molar-refractivity contribution is 7.80. The van der Waals surface area contributed by atoms with Gasteiger partial charge < -0.3 is 10.8 Å². The van der Waals surface area contributed by atoms with Crippen LogP contribution < -0.4 is 5.73 Å². The third kappa shape index (κ3) is 4.32. The Morgan fingerprint density at radius 1 is 1.22 bits per heavy atom. The fourth-order valence-corrected chi connectivity index (χ4v) is 3.12. The van der Waals surface area contributed by atoms with E-state index in [-0.39, 0.29) is 11.0 Å². The average Bonchev–Trinajstić information content (AvgIpc) is 2.90. The van der Waals surface area contributed by atoms with Crippen molar-refractivity contribution in [3.8, 4) is 5.88 Å². The number of aromatic nitrogens is 1. The molecule has 0 aliphatic carbocycles. The minimum atomic E-state index is -0.0674. The monoisotopic (exact) mass is 381 g/mol. The molecule has 7 heteroatoms. The highest BCUT2D eigenvalue weighted by atomic mass is 32.1. The molecule has 0 aliphatic heterocycles. The lowest BCUT2D eigenvalue weighted by Gasteiger charge is -2.22. The van der Waals surface area contributed by atoms with Gasteiger partial charge in [0.1, 0.15) is 0 Å². The summed E-state index contributed by atoms with van der Waals surface area (Å²) in [5, 5.41) is 19.4. The molecule has 0 bridgehead atoms. The topological polar surface area (TPSA) is 79.1 Å². The highest BCUT2D eigenvalue weighted by Gasteiger charge is 2.18. The highest BCUT2D eigenvalue weighted by Crippen LogP contribution is 2.39. The van der Waals surface area contributed by atoms with E-state index in [4.69, 9.17) is 18.0 Å². The summed E-state index contributed by atoms with van der Waals surface area (Å²) in [6, 6.07) is 16.2. The second kappa shape index (κ2) is 8.28. The molecule has 3 N–H and O–H groups in total. The van der Waals surface area contributed by atoms with Crippen molar-refractivity contribution in [1.29, 1.82) is 0 Å².